The second kappa shape index (κ2) is 11.7. The maximum absolute atomic E-state index is 14.1. The number of hydrazine groups is 2. The average molecular weight is 636 g/mol. The fourth-order valence-corrected chi connectivity index (χ4v) is 5.06. The molecule has 1 aromatic heterocycles. The number of ether oxygens (including phenoxy) is 1. The molecule has 0 bridgehead atoms. The number of carbonyl (C=O) groups is 1. The first-order chi connectivity index (χ1) is 19.9. The molecule has 2 aliphatic rings. The smallest absolute Gasteiger partial charge is 0.378 e. The van der Waals surface area contributed by atoms with Gasteiger partial charge in [0.05, 0.1) is 47.4 Å². The standard InChI is InChI=1S/C26H21Cl2F6N5O3/c27-12-19-20(21(36-42-19)17-3-1-2-4-18(17)28)23(40)22-24(38-5-7-41-8-6-38)39(37-35-22)13-14-9-15(25(29,30)31)11-16(10-14)26(32,33)34/h1-4,9-11,35,37H,5-8,12-13H2. The zero-order valence-corrected chi connectivity index (χ0v) is 22.9. The maximum atomic E-state index is 14.1. The van der Waals surface area contributed by atoms with Crippen molar-refractivity contribution >= 4 is 29.0 Å². The molecule has 3 aromatic rings. The van der Waals surface area contributed by atoms with Crippen molar-refractivity contribution in [3.8, 4) is 11.3 Å². The lowest BCUT2D eigenvalue weighted by Crippen LogP contribution is -2.44. The molecule has 0 spiro atoms. The number of aromatic nitrogens is 1. The van der Waals surface area contributed by atoms with Gasteiger partial charge in [-0.2, -0.15) is 26.3 Å². The number of morpholine rings is 1. The minimum Gasteiger partial charge on any atom is -0.378 e. The van der Waals surface area contributed by atoms with Crippen LogP contribution in [-0.2, 0) is 29.5 Å². The van der Waals surface area contributed by atoms with Gasteiger partial charge in [0.1, 0.15) is 17.2 Å². The van der Waals surface area contributed by atoms with Crippen LogP contribution in [0.4, 0.5) is 26.3 Å². The molecule has 2 aromatic carbocycles. The van der Waals surface area contributed by atoms with Crippen molar-refractivity contribution in [2.24, 2.45) is 0 Å². The molecule has 0 radical (unpaired) electrons. The molecule has 0 atom stereocenters. The van der Waals surface area contributed by atoms with Crippen LogP contribution in [0.1, 0.15) is 32.8 Å². The lowest BCUT2D eigenvalue weighted by atomic mass is 10.0. The van der Waals surface area contributed by atoms with Gasteiger partial charge in [-0.05, 0) is 29.8 Å². The van der Waals surface area contributed by atoms with Gasteiger partial charge in [-0.1, -0.05) is 35.0 Å². The third kappa shape index (κ3) is 6.02. The van der Waals surface area contributed by atoms with Crippen molar-refractivity contribution in [2.45, 2.75) is 24.8 Å². The summed E-state index contributed by atoms with van der Waals surface area (Å²) >= 11 is 12.4. The molecule has 0 unspecified atom stereocenters. The third-order valence-corrected chi connectivity index (χ3v) is 7.13. The van der Waals surface area contributed by atoms with Crippen LogP contribution in [0.5, 0.6) is 0 Å². The first-order valence-corrected chi connectivity index (χ1v) is 13.3. The number of halogens is 8. The molecular formula is C26H21Cl2F6N5O3. The normalized spacial score (nSPS) is 16.3. The Morgan fingerprint density at radius 2 is 1.64 bits per heavy atom. The van der Waals surface area contributed by atoms with Gasteiger partial charge in [-0.25, -0.2) is 0 Å². The van der Waals surface area contributed by atoms with Crippen LogP contribution in [-0.4, -0.2) is 47.2 Å². The van der Waals surface area contributed by atoms with Gasteiger partial charge in [0.2, 0.25) is 5.78 Å². The van der Waals surface area contributed by atoms with Crippen molar-refractivity contribution in [1.29, 1.82) is 0 Å². The first-order valence-electron chi connectivity index (χ1n) is 12.4. The lowest BCUT2D eigenvalue weighted by molar-refractivity contribution is -0.143. The van der Waals surface area contributed by atoms with E-state index < -0.39 is 35.8 Å². The van der Waals surface area contributed by atoms with E-state index in [9.17, 15) is 31.1 Å². The van der Waals surface area contributed by atoms with E-state index in [1.807, 2.05) is 0 Å². The second-order valence-corrected chi connectivity index (χ2v) is 9.98. The molecule has 42 heavy (non-hydrogen) atoms. The number of benzene rings is 2. The molecule has 0 amide bonds. The van der Waals surface area contributed by atoms with E-state index in [4.69, 9.17) is 32.5 Å². The van der Waals surface area contributed by atoms with Gasteiger partial charge < -0.3 is 14.2 Å². The summed E-state index contributed by atoms with van der Waals surface area (Å²) in [7, 11) is 0. The summed E-state index contributed by atoms with van der Waals surface area (Å²) in [5.41, 5.74) is 2.68. The summed E-state index contributed by atoms with van der Waals surface area (Å²) < 4.78 is 91.7. The van der Waals surface area contributed by atoms with E-state index in [1.54, 1.807) is 29.2 Å². The molecule has 3 heterocycles. The van der Waals surface area contributed by atoms with Crippen LogP contribution in [0.2, 0.25) is 5.02 Å². The van der Waals surface area contributed by atoms with Gasteiger partial charge in [-0.15, -0.1) is 17.1 Å². The maximum Gasteiger partial charge on any atom is 0.416 e. The third-order valence-electron chi connectivity index (χ3n) is 6.56. The Kier molecular flexibility index (Phi) is 8.34. The molecule has 0 saturated carbocycles. The van der Waals surface area contributed by atoms with E-state index in [0.29, 0.717) is 17.7 Å². The van der Waals surface area contributed by atoms with Crippen molar-refractivity contribution in [3.63, 3.8) is 0 Å². The Hall–Kier alpha value is -3.46. The van der Waals surface area contributed by atoms with Gasteiger partial charge >= 0.3 is 12.4 Å². The van der Waals surface area contributed by atoms with E-state index in [-0.39, 0.29) is 77.4 Å². The topological polar surface area (TPSA) is 82.9 Å². The number of allylic oxidation sites excluding steroid dienone is 1. The molecule has 1 fully saturated rings. The molecule has 8 nitrogen and oxygen atoms in total. The Morgan fingerprint density at radius 3 is 2.24 bits per heavy atom. The molecule has 5 rings (SSSR count). The van der Waals surface area contributed by atoms with Crippen LogP contribution < -0.4 is 11.0 Å². The molecular weight excluding hydrogens is 615 g/mol. The molecule has 0 aliphatic carbocycles. The largest absolute Gasteiger partial charge is 0.416 e. The predicted octanol–water partition coefficient (Wildman–Crippen LogP) is 5.98. The highest BCUT2D eigenvalue weighted by molar-refractivity contribution is 6.33. The summed E-state index contributed by atoms with van der Waals surface area (Å²) in [6.07, 6.45) is -10.0. The summed E-state index contributed by atoms with van der Waals surface area (Å²) in [5, 5.41) is 5.55. The number of nitrogens with one attached hydrogen (secondary N) is 2. The number of nitrogens with zero attached hydrogens (tertiary/aromatic N) is 3. The van der Waals surface area contributed by atoms with Crippen molar-refractivity contribution in [1.82, 2.24) is 26.0 Å². The highest BCUT2D eigenvalue weighted by Gasteiger charge is 2.39. The minimum atomic E-state index is -5.02. The molecule has 224 valence electrons. The zero-order chi connectivity index (χ0) is 30.2. The van der Waals surface area contributed by atoms with Gasteiger partial charge in [0, 0.05) is 18.7 Å². The fourth-order valence-electron chi connectivity index (χ4n) is 4.65. The average Bonchev–Trinajstić information content (AvgIpc) is 3.57. The van der Waals surface area contributed by atoms with Crippen LogP contribution in [0.25, 0.3) is 11.3 Å². The van der Waals surface area contributed by atoms with E-state index in [2.05, 4.69) is 16.1 Å². The van der Waals surface area contributed by atoms with Crippen molar-refractivity contribution < 1.29 is 40.4 Å². The Labute approximate surface area is 244 Å². The minimum absolute atomic E-state index is 0.00608. The number of hydrogen-bond acceptors (Lipinski definition) is 8. The highest BCUT2D eigenvalue weighted by Crippen LogP contribution is 2.38. The molecule has 2 N–H and O–H groups in total. The predicted molar refractivity (Wildman–Crippen MR) is 139 cm³/mol. The number of hydrogen-bond donors (Lipinski definition) is 2. The van der Waals surface area contributed by atoms with Crippen molar-refractivity contribution in [2.75, 3.05) is 26.3 Å². The monoisotopic (exact) mass is 635 g/mol. The zero-order valence-electron chi connectivity index (χ0n) is 21.4. The quantitative estimate of drug-likeness (QED) is 0.186. The Balaban J connectivity index is 1.59. The molecule has 1 saturated heterocycles. The number of rotatable bonds is 7. The SMILES string of the molecule is O=C(C1=C(N2CCOCC2)N(Cc2cc(C(F)(F)F)cc(C(F)(F)F)c2)NN1)c1c(-c2ccccc2Cl)noc1CCl. The first kappa shape index (κ1) is 30.0. The number of carbonyl (C=O) groups excluding carboxylic acids is 1. The second-order valence-electron chi connectivity index (χ2n) is 9.31. The van der Waals surface area contributed by atoms with Gasteiger partial charge in [-0.3, -0.25) is 15.2 Å². The lowest BCUT2D eigenvalue weighted by Gasteiger charge is -2.34. The van der Waals surface area contributed by atoms with Crippen LogP contribution in [0.3, 0.4) is 0 Å². The molecule has 2 aliphatic heterocycles. The van der Waals surface area contributed by atoms with Gasteiger partial charge in [0.25, 0.3) is 0 Å². The Morgan fingerprint density at radius 1 is 1.00 bits per heavy atom. The van der Waals surface area contributed by atoms with Gasteiger partial charge in [0.15, 0.2) is 5.76 Å². The number of ketones is 1. The summed E-state index contributed by atoms with van der Waals surface area (Å²) in [6.45, 7) is 0.641. The number of alkyl halides is 7. The van der Waals surface area contributed by atoms with Crippen LogP contribution in [0.15, 0.2) is 58.5 Å². The Bertz CT molecular complexity index is 1490. The summed E-state index contributed by atoms with van der Waals surface area (Å²) in [6, 6.07) is 7.93. The molecule has 16 heteroatoms. The van der Waals surface area contributed by atoms with E-state index in [1.165, 1.54) is 5.01 Å². The van der Waals surface area contributed by atoms with E-state index >= 15 is 0 Å². The van der Waals surface area contributed by atoms with E-state index in [0.717, 1.165) is 0 Å². The van der Waals surface area contributed by atoms with Crippen LogP contribution >= 0.6 is 23.2 Å². The van der Waals surface area contributed by atoms with Crippen molar-refractivity contribution in [3.05, 3.63) is 87.0 Å². The number of Topliss-reactive ketones (excluding diaryl/α,β-unsaturated/α-hetero) is 1. The highest BCUT2D eigenvalue weighted by atomic mass is 35.5. The van der Waals surface area contributed by atoms with Crippen LogP contribution in [0, 0.1) is 0 Å². The fraction of sp³-hybridized carbons (Fsp3) is 0.308. The summed E-state index contributed by atoms with van der Waals surface area (Å²) in [4.78, 5) is 15.8. The summed E-state index contributed by atoms with van der Waals surface area (Å²) in [5.74, 6) is -0.641.